The third-order valence-electron chi connectivity index (χ3n) is 8.82. The van der Waals surface area contributed by atoms with Gasteiger partial charge in [0, 0.05) is 12.0 Å². The molecule has 0 heterocycles. The number of rotatable bonds is 20. The SMILES string of the molecule is CCCCCCCCCCOc1ccc(-c2ccc(C(=O)CC3CCC(CCCCCCC)CC3)cc2)cc1. The van der Waals surface area contributed by atoms with Crippen LogP contribution in [0.3, 0.4) is 0 Å². The van der Waals surface area contributed by atoms with E-state index in [2.05, 4.69) is 50.2 Å². The van der Waals surface area contributed by atoms with Crippen LogP contribution in [0.25, 0.3) is 11.1 Å². The summed E-state index contributed by atoms with van der Waals surface area (Å²) in [5.41, 5.74) is 3.18. The maximum atomic E-state index is 13.0. The summed E-state index contributed by atoms with van der Waals surface area (Å²) in [6, 6.07) is 16.6. The van der Waals surface area contributed by atoms with Crippen LogP contribution >= 0.6 is 0 Å². The number of carbonyl (C=O) groups excluding carboxylic acids is 1. The lowest BCUT2D eigenvalue weighted by Crippen LogP contribution is -2.17. The molecular formula is C37H56O2. The molecule has 3 rings (SSSR count). The Balaban J connectivity index is 1.32. The van der Waals surface area contributed by atoms with E-state index in [0.29, 0.717) is 18.1 Å². The molecule has 0 aliphatic heterocycles. The molecule has 1 fully saturated rings. The topological polar surface area (TPSA) is 26.3 Å². The average Bonchev–Trinajstić information content (AvgIpc) is 2.97. The zero-order valence-corrected chi connectivity index (χ0v) is 25.2. The molecule has 0 unspecified atom stereocenters. The minimum Gasteiger partial charge on any atom is -0.494 e. The zero-order valence-electron chi connectivity index (χ0n) is 25.2. The van der Waals surface area contributed by atoms with Crippen molar-refractivity contribution in [2.45, 2.75) is 136 Å². The van der Waals surface area contributed by atoms with Gasteiger partial charge in [0.1, 0.15) is 5.75 Å². The van der Waals surface area contributed by atoms with Crippen LogP contribution in [0.15, 0.2) is 48.5 Å². The van der Waals surface area contributed by atoms with Gasteiger partial charge in [0.2, 0.25) is 0 Å². The number of hydrogen-bond donors (Lipinski definition) is 0. The second-order valence-electron chi connectivity index (χ2n) is 12.1. The van der Waals surface area contributed by atoms with Crippen LogP contribution in [0.2, 0.25) is 0 Å². The first-order valence-corrected chi connectivity index (χ1v) is 16.6. The number of carbonyl (C=O) groups is 1. The van der Waals surface area contributed by atoms with E-state index in [9.17, 15) is 4.79 Å². The van der Waals surface area contributed by atoms with Gasteiger partial charge in [-0.05, 0) is 54.4 Å². The minimum absolute atomic E-state index is 0.314. The van der Waals surface area contributed by atoms with Crippen LogP contribution < -0.4 is 4.74 Å². The standard InChI is InChI=1S/C37H56O2/c1-3-5-7-9-10-11-13-15-29-39-36-27-25-34(26-28-36)33-21-23-35(24-22-33)37(38)30-32-19-17-31(18-20-32)16-14-12-8-6-4-2/h21-28,31-32H,3-20,29-30H2,1-2H3. The Labute approximate surface area is 240 Å². The quantitative estimate of drug-likeness (QED) is 0.125. The van der Waals surface area contributed by atoms with Gasteiger partial charge in [0.05, 0.1) is 6.61 Å². The molecule has 39 heavy (non-hydrogen) atoms. The first-order chi connectivity index (χ1) is 19.2. The fourth-order valence-electron chi connectivity index (χ4n) is 6.16. The van der Waals surface area contributed by atoms with Crippen molar-refractivity contribution in [3.05, 3.63) is 54.1 Å². The van der Waals surface area contributed by atoms with Crippen molar-refractivity contribution in [3.8, 4) is 16.9 Å². The first-order valence-electron chi connectivity index (χ1n) is 16.6. The molecule has 0 radical (unpaired) electrons. The molecule has 2 nitrogen and oxygen atoms in total. The Hall–Kier alpha value is -2.09. The van der Waals surface area contributed by atoms with Gasteiger partial charge in [-0.2, -0.15) is 0 Å². The molecule has 1 aliphatic rings. The van der Waals surface area contributed by atoms with Gasteiger partial charge >= 0.3 is 0 Å². The van der Waals surface area contributed by atoms with Crippen molar-refractivity contribution in [1.82, 2.24) is 0 Å². The number of Topliss-reactive ketones (excluding diaryl/α,β-unsaturated/α-hetero) is 1. The van der Waals surface area contributed by atoms with Gasteiger partial charge < -0.3 is 4.74 Å². The number of benzene rings is 2. The molecule has 0 atom stereocenters. The first kappa shape index (κ1) is 31.4. The van der Waals surface area contributed by atoms with Crippen molar-refractivity contribution in [2.75, 3.05) is 6.61 Å². The molecule has 1 saturated carbocycles. The van der Waals surface area contributed by atoms with Crippen LogP contribution in [-0.4, -0.2) is 12.4 Å². The molecule has 1 aliphatic carbocycles. The Morgan fingerprint density at radius 2 is 1.10 bits per heavy atom. The summed E-state index contributed by atoms with van der Waals surface area (Å²) in [5, 5.41) is 0. The molecule has 216 valence electrons. The highest BCUT2D eigenvalue weighted by atomic mass is 16.5. The summed E-state index contributed by atoms with van der Waals surface area (Å²) < 4.78 is 5.96. The Morgan fingerprint density at radius 3 is 1.69 bits per heavy atom. The van der Waals surface area contributed by atoms with Crippen molar-refractivity contribution >= 4 is 5.78 Å². The van der Waals surface area contributed by atoms with Crippen LogP contribution in [0.5, 0.6) is 5.75 Å². The van der Waals surface area contributed by atoms with Crippen molar-refractivity contribution in [3.63, 3.8) is 0 Å². The van der Waals surface area contributed by atoms with E-state index in [1.54, 1.807) is 0 Å². The second kappa shape index (κ2) is 19.1. The fraction of sp³-hybridized carbons (Fsp3) is 0.649. The number of hydrogen-bond acceptors (Lipinski definition) is 2. The monoisotopic (exact) mass is 532 g/mol. The fourth-order valence-corrected chi connectivity index (χ4v) is 6.16. The van der Waals surface area contributed by atoms with Gasteiger partial charge in [-0.25, -0.2) is 0 Å². The molecule has 0 aromatic heterocycles. The van der Waals surface area contributed by atoms with Crippen LogP contribution in [0.4, 0.5) is 0 Å². The lowest BCUT2D eigenvalue weighted by Gasteiger charge is -2.28. The van der Waals surface area contributed by atoms with Crippen LogP contribution in [-0.2, 0) is 0 Å². The summed E-state index contributed by atoms with van der Waals surface area (Å²) in [6.07, 6.45) is 24.7. The van der Waals surface area contributed by atoms with Crippen molar-refractivity contribution < 1.29 is 9.53 Å². The van der Waals surface area contributed by atoms with Gasteiger partial charge in [-0.15, -0.1) is 0 Å². The van der Waals surface area contributed by atoms with Crippen molar-refractivity contribution in [1.29, 1.82) is 0 Å². The van der Waals surface area contributed by atoms with E-state index in [4.69, 9.17) is 4.74 Å². The Morgan fingerprint density at radius 1 is 0.615 bits per heavy atom. The van der Waals surface area contributed by atoms with Gasteiger partial charge in [0.25, 0.3) is 0 Å². The third kappa shape index (κ3) is 12.3. The van der Waals surface area contributed by atoms with Crippen molar-refractivity contribution in [2.24, 2.45) is 11.8 Å². The summed E-state index contributed by atoms with van der Waals surface area (Å²) in [5.74, 6) is 2.74. The Kier molecular flexibility index (Phi) is 15.4. The molecular weight excluding hydrogens is 476 g/mol. The van der Waals surface area contributed by atoms with E-state index < -0.39 is 0 Å². The number of unbranched alkanes of at least 4 members (excludes halogenated alkanes) is 11. The predicted octanol–water partition coefficient (Wildman–Crippen LogP) is 11.6. The largest absolute Gasteiger partial charge is 0.494 e. The van der Waals surface area contributed by atoms with Gasteiger partial charge in [-0.1, -0.05) is 147 Å². The predicted molar refractivity (Wildman–Crippen MR) is 168 cm³/mol. The van der Waals surface area contributed by atoms with E-state index in [1.807, 2.05) is 12.1 Å². The maximum Gasteiger partial charge on any atom is 0.163 e. The minimum atomic E-state index is 0.314. The zero-order chi connectivity index (χ0) is 27.5. The number of ketones is 1. The highest BCUT2D eigenvalue weighted by Gasteiger charge is 2.23. The summed E-state index contributed by atoms with van der Waals surface area (Å²) in [4.78, 5) is 13.0. The molecule has 0 bridgehead atoms. The highest BCUT2D eigenvalue weighted by molar-refractivity contribution is 5.96. The number of ether oxygens (including phenoxy) is 1. The van der Waals surface area contributed by atoms with Crippen LogP contribution in [0.1, 0.15) is 146 Å². The molecule has 0 spiro atoms. The Bertz CT molecular complexity index is 890. The summed E-state index contributed by atoms with van der Waals surface area (Å²) in [7, 11) is 0. The molecule has 2 heteroatoms. The molecule has 0 amide bonds. The van der Waals surface area contributed by atoms with Gasteiger partial charge in [0.15, 0.2) is 5.78 Å². The average molecular weight is 533 g/mol. The second-order valence-corrected chi connectivity index (χ2v) is 12.1. The summed E-state index contributed by atoms with van der Waals surface area (Å²) >= 11 is 0. The van der Waals surface area contributed by atoms with Gasteiger partial charge in [-0.3, -0.25) is 4.79 Å². The van der Waals surface area contributed by atoms with E-state index in [1.165, 1.54) is 115 Å². The molecule has 0 saturated heterocycles. The normalized spacial score (nSPS) is 17.3. The van der Waals surface area contributed by atoms with E-state index in [-0.39, 0.29) is 0 Å². The lowest BCUT2D eigenvalue weighted by molar-refractivity contribution is 0.0941. The van der Waals surface area contributed by atoms with E-state index >= 15 is 0 Å². The maximum absolute atomic E-state index is 13.0. The third-order valence-corrected chi connectivity index (χ3v) is 8.82. The van der Waals surface area contributed by atoms with E-state index in [0.717, 1.165) is 35.8 Å². The van der Waals surface area contributed by atoms with Crippen LogP contribution in [0, 0.1) is 11.8 Å². The highest BCUT2D eigenvalue weighted by Crippen LogP contribution is 2.34. The smallest absolute Gasteiger partial charge is 0.163 e. The molecule has 2 aromatic carbocycles. The summed E-state index contributed by atoms with van der Waals surface area (Å²) in [6.45, 7) is 5.35. The molecule has 0 N–H and O–H groups in total. The lowest BCUT2D eigenvalue weighted by atomic mass is 9.77. The molecule has 2 aromatic rings.